The number of nitrogens with one attached hydrogen (secondary N) is 3. The summed E-state index contributed by atoms with van der Waals surface area (Å²) in [5.41, 5.74) is -0.999. The SMILES string of the molecule is CC/C=C/C/C=C/C/C=C/C/C=C/C/C=C/CCCC(=O)NCCSSCCNC(=O)CCNC(=O)[C@H](O)C(C)(C)COC(=O)CCC/C=C/C/C=C/C/C=C/C/C=C/C/C=C/CC. The average molecular weight is 922 g/mol. The van der Waals surface area contributed by atoms with Crippen LogP contribution in [0.4, 0.5) is 0 Å². The van der Waals surface area contributed by atoms with Crippen LogP contribution >= 0.6 is 21.6 Å². The molecule has 0 radical (unpaired) electrons. The van der Waals surface area contributed by atoms with Crippen molar-refractivity contribution in [3.63, 3.8) is 0 Å². The number of aliphatic hydroxyl groups excluding tert-OH is 1. The third-order valence-electron chi connectivity index (χ3n) is 9.19. The monoisotopic (exact) mass is 922 g/mol. The lowest BCUT2D eigenvalue weighted by Crippen LogP contribution is -2.47. The molecule has 0 bridgehead atoms. The Labute approximate surface area is 396 Å². The lowest BCUT2D eigenvalue weighted by Gasteiger charge is -2.29. The highest BCUT2D eigenvalue weighted by atomic mass is 33.1. The van der Waals surface area contributed by atoms with Gasteiger partial charge in [-0.1, -0.05) is 171 Å². The molecule has 0 aromatic rings. The highest BCUT2D eigenvalue weighted by Gasteiger charge is 2.35. The highest BCUT2D eigenvalue weighted by molar-refractivity contribution is 8.76. The second-order valence-corrected chi connectivity index (χ2v) is 18.3. The van der Waals surface area contributed by atoms with Gasteiger partial charge in [0.25, 0.3) is 0 Å². The number of carbonyl (C=O) groups excluding carboxylic acids is 4. The maximum absolute atomic E-state index is 12.6. The molecule has 0 aliphatic heterocycles. The number of aliphatic hydroxyl groups is 1. The topological polar surface area (TPSA) is 134 Å². The van der Waals surface area contributed by atoms with E-state index in [1.165, 1.54) is 0 Å². The van der Waals surface area contributed by atoms with Gasteiger partial charge >= 0.3 is 5.97 Å². The number of carbonyl (C=O) groups is 4. The number of allylic oxidation sites excluding steroid dienone is 20. The number of esters is 1. The lowest BCUT2D eigenvalue weighted by molar-refractivity contribution is -0.153. The van der Waals surface area contributed by atoms with Crippen LogP contribution in [0.15, 0.2) is 122 Å². The summed E-state index contributed by atoms with van der Waals surface area (Å²) in [6, 6.07) is 0. The fraction of sp³-hybridized carbons (Fsp3) is 0.547. The van der Waals surface area contributed by atoms with Gasteiger partial charge in [-0.05, 0) is 89.9 Å². The van der Waals surface area contributed by atoms with Gasteiger partial charge in [-0.2, -0.15) is 0 Å². The second-order valence-electron chi connectivity index (χ2n) is 15.6. The largest absolute Gasteiger partial charge is 0.465 e. The van der Waals surface area contributed by atoms with Crippen LogP contribution in [0.2, 0.25) is 0 Å². The number of ether oxygens (including phenoxy) is 1. The molecule has 1 atom stereocenters. The zero-order valence-electron chi connectivity index (χ0n) is 39.7. The summed E-state index contributed by atoms with van der Waals surface area (Å²) in [7, 11) is 3.26. The quantitative estimate of drug-likeness (QED) is 0.0207. The first-order valence-electron chi connectivity index (χ1n) is 23.5. The van der Waals surface area contributed by atoms with Crippen molar-refractivity contribution < 1.29 is 29.0 Å². The molecule has 0 spiro atoms. The standard InChI is InChI=1S/C53H83N3O6S2/c1-5-7-9-11-13-15-17-19-21-23-25-27-29-31-33-35-37-39-48(57)54-43-45-63-64-46-44-55-49(58)41-42-56-52(61)51(60)53(3,4)47-62-50(59)40-38-36-34-32-30-28-26-24-22-20-18-16-14-12-10-8-6-2/h7-10,13-16,19-22,25-28,31-34,51,60H,5-6,11-12,17-18,23-24,29-30,35-47H2,1-4H3,(H,54,57)(H,55,58)(H,56,61)/b9-7+,10-8+,15-13+,16-14+,21-19+,22-20+,27-25+,28-26+,33-31+,34-32+/t51-/m0/s1. The molecule has 0 saturated carbocycles. The van der Waals surface area contributed by atoms with Gasteiger partial charge in [0.15, 0.2) is 0 Å². The van der Waals surface area contributed by atoms with Crippen molar-refractivity contribution in [2.45, 2.75) is 143 Å². The summed E-state index contributed by atoms with van der Waals surface area (Å²) in [5.74, 6) is 0.365. The second kappa shape index (κ2) is 45.5. The van der Waals surface area contributed by atoms with Gasteiger partial charge in [-0.3, -0.25) is 19.2 Å². The van der Waals surface area contributed by atoms with E-state index >= 15 is 0 Å². The zero-order chi connectivity index (χ0) is 47.0. The van der Waals surface area contributed by atoms with E-state index in [1.54, 1.807) is 35.4 Å². The summed E-state index contributed by atoms with van der Waals surface area (Å²) in [4.78, 5) is 49.2. The van der Waals surface area contributed by atoms with Crippen molar-refractivity contribution in [2.24, 2.45) is 5.41 Å². The number of hydrogen-bond donors (Lipinski definition) is 4. The van der Waals surface area contributed by atoms with Crippen LogP contribution in [0, 0.1) is 5.41 Å². The summed E-state index contributed by atoms with van der Waals surface area (Å²) >= 11 is 0. The van der Waals surface area contributed by atoms with Gasteiger partial charge < -0.3 is 25.8 Å². The first-order valence-corrected chi connectivity index (χ1v) is 26.0. The molecule has 0 saturated heterocycles. The molecule has 4 N–H and O–H groups in total. The Morgan fingerprint density at radius 3 is 1.27 bits per heavy atom. The molecule has 0 aliphatic rings. The van der Waals surface area contributed by atoms with Crippen molar-refractivity contribution in [1.29, 1.82) is 0 Å². The van der Waals surface area contributed by atoms with Gasteiger partial charge in [-0.15, -0.1) is 0 Å². The van der Waals surface area contributed by atoms with Crippen molar-refractivity contribution in [3.05, 3.63) is 122 Å². The molecule has 9 nitrogen and oxygen atoms in total. The molecule has 0 aliphatic carbocycles. The van der Waals surface area contributed by atoms with Crippen LogP contribution in [0.3, 0.4) is 0 Å². The van der Waals surface area contributed by atoms with Crippen LogP contribution in [0.25, 0.3) is 0 Å². The van der Waals surface area contributed by atoms with E-state index in [2.05, 4.69) is 151 Å². The highest BCUT2D eigenvalue weighted by Crippen LogP contribution is 2.22. The minimum absolute atomic E-state index is 0.0660. The van der Waals surface area contributed by atoms with E-state index in [4.69, 9.17) is 4.74 Å². The van der Waals surface area contributed by atoms with Crippen molar-refractivity contribution >= 4 is 45.3 Å². The van der Waals surface area contributed by atoms with E-state index < -0.39 is 17.4 Å². The van der Waals surface area contributed by atoms with Crippen molar-refractivity contribution in [2.75, 3.05) is 37.7 Å². The molecule has 11 heteroatoms. The first-order chi connectivity index (χ1) is 31.1. The molecule has 0 heterocycles. The molecule has 64 heavy (non-hydrogen) atoms. The summed E-state index contributed by atoms with van der Waals surface area (Å²) < 4.78 is 5.38. The molecule has 0 aromatic carbocycles. The smallest absolute Gasteiger partial charge is 0.305 e. The van der Waals surface area contributed by atoms with Gasteiger partial charge in [-0.25, -0.2) is 0 Å². The molecular weight excluding hydrogens is 839 g/mol. The van der Waals surface area contributed by atoms with Crippen LogP contribution in [-0.2, 0) is 23.9 Å². The molecule has 0 rings (SSSR count). The molecule has 0 fully saturated rings. The molecule has 0 aromatic heterocycles. The Balaban J connectivity index is 3.86. The fourth-order valence-corrected chi connectivity index (χ4v) is 7.22. The van der Waals surface area contributed by atoms with E-state index in [-0.39, 0.29) is 43.8 Å². The molecule has 358 valence electrons. The fourth-order valence-electron chi connectivity index (χ4n) is 5.41. The third kappa shape index (κ3) is 41.9. The Kier molecular flexibility index (Phi) is 42.6. The number of hydrogen-bond acceptors (Lipinski definition) is 8. The Morgan fingerprint density at radius 2 is 0.859 bits per heavy atom. The molecule has 0 unspecified atom stereocenters. The number of unbranched alkanes of at least 4 members (excludes halogenated alkanes) is 2. The summed E-state index contributed by atoms with van der Waals surface area (Å²) in [5, 5.41) is 19.0. The average Bonchev–Trinajstić information content (AvgIpc) is 3.28. The van der Waals surface area contributed by atoms with Gasteiger partial charge in [0, 0.05) is 55.8 Å². The summed E-state index contributed by atoms with van der Waals surface area (Å²) in [6.45, 7) is 8.66. The normalized spacial score (nSPS) is 13.3. The number of amides is 3. The first kappa shape index (κ1) is 59.9. The minimum Gasteiger partial charge on any atom is -0.465 e. The third-order valence-corrected chi connectivity index (χ3v) is 11.6. The van der Waals surface area contributed by atoms with E-state index in [0.717, 1.165) is 89.2 Å². The minimum atomic E-state index is -1.41. The van der Waals surface area contributed by atoms with Crippen molar-refractivity contribution in [3.8, 4) is 0 Å². The predicted octanol–water partition coefficient (Wildman–Crippen LogP) is 11.9. The van der Waals surface area contributed by atoms with Crippen LogP contribution in [0.5, 0.6) is 0 Å². The summed E-state index contributed by atoms with van der Waals surface area (Å²) in [6.07, 6.45) is 55.5. The zero-order valence-corrected chi connectivity index (χ0v) is 41.3. The molecule has 3 amide bonds. The number of rotatable bonds is 40. The lowest BCUT2D eigenvalue weighted by atomic mass is 9.87. The Bertz CT molecular complexity index is 1520. The van der Waals surface area contributed by atoms with E-state index in [9.17, 15) is 24.3 Å². The van der Waals surface area contributed by atoms with Crippen molar-refractivity contribution in [1.82, 2.24) is 16.0 Å². The van der Waals surface area contributed by atoms with Crippen LogP contribution in [0.1, 0.15) is 137 Å². The maximum atomic E-state index is 12.6. The Morgan fingerprint density at radius 1 is 0.500 bits per heavy atom. The van der Waals surface area contributed by atoms with E-state index in [0.29, 0.717) is 31.7 Å². The van der Waals surface area contributed by atoms with Gasteiger partial charge in [0.1, 0.15) is 6.10 Å². The van der Waals surface area contributed by atoms with Gasteiger partial charge in [0.2, 0.25) is 17.7 Å². The van der Waals surface area contributed by atoms with Crippen LogP contribution in [-0.4, -0.2) is 72.6 Å². The van der Waals surface area contributed by atoms with Crippen LogP contribution < -0.4 is 16.0 Å². The maximum Gasteiger partial charge on any atom is 0.305 e. The predicted molar refractivity (Wildman–Crippen MR) is 276 cm³/mol. The Hall–Kier alpha value is -4.06. The molecular formula is C53H83N3O6S2. The van der Waals surface area contributed by atoms with E-state index in [1.807, 2.05) is 0 Å². The van der Waals surface area contributed by atoms with Gasteiger partial charge in [0.05, 0.1) is 6.61 Å².